The van der Waals surface area contributed by atoms with Crippen LogP contribution < -0.4 is 9.47 Å². The van der Waals surface area contributed by atoms with Gasteiger partial charge in [0, 0.05) is 17.5 Å². The number of aryl methyl sites for hydroxylation is 1. The van der Waals surface area contributed by atoms with Crippen molar-refractivity contribution >= 4 is 35.0 Å². The van der Waals surface area contributed by atoms with E-state index in [1.165, 1.54) is 18.2 Å². The number of aliphatic carboxylic acids is 2. The number of benzene rings is 3. The lowest BCUT2D eigenvalue weighted by Gasteiger charge is -2.08. The van der Waals surface area contributed by atoms with Crippen molar-refractivity contribution in [2.75, 3.05) is 13.2 Å². The van der Waals surface area contributed by atoms with E-state index in [0.29, 0.717) is 65.3 Å². The van der Waals surface area contributed by atoms with E-state index in [4.69, 9.17) is 14.6 Å². The van der Waals surface area contributed by atoms with Gasteiger partial charge in [0.25, 0.3) is 0 Å². The first-order valence-electron chi connectivity index (χ1n) is 13.4. The van der Waals surface area contributed by atoms with Gasteiger partial charge in [0.2, 0.25) is 0 Å². The van der Waals surface area contributed by atoms with Crippen LogP contribution in [0.1, 0.15) is 35.2 Å². The molecule has 0 unspecified atom stereocenters. The van der Waals surface area contributed by atoms with E-state index in [1.807, 2.05) is 42.5 Å². The number of ether oxygens (including phenoxy) is 2. The van der Waals surface area contributed by atoms with E-state index in [0.717, 1.165) is 5.56 Å². The average molecular weight is 576 g/mol. The van der Waals surface area contributed by atoms with Gasteiger partial charge >= 0.3 is 11.9 Å². The van der Waals surface area contributed by atoms with Crippen LogP contribution in [0.5, 0.6) is 11.5 Å². The molecule has 0 atom stereocenters. The molecule has 4 aromatic rings. The van der Waals surface area contributed by atoms with Gasteiger partial charge in [-0.3, -0.25) is 9.59 Å². The Morgan fingerprint density at radius 2 is 1.45 bits per heavy atom. The predicted molar refractivity (Wildman–Crippen MR) is 157 cm³/mol. The van der Waals surface area contributed by atoms with Crippen molar-refractivity contribution in [1.82, 2.24) is 4.57 Å². The van der Waals surface area contributed by atoms with Crippen molar-refractivity contribution in [3.63, 3.8) is 0 Å². The number of fused-ring (bicyclic) bond motifs is 1. The largest absolute Gasteiger partial charge is 0.490 e. The Balaban J connectivity index is 1.44. The maximum atomic E-state index is 15.1. The molecule has 1 heterocycles. The highest BCUT2D eigenvalue weighted by Crippen LogP contribution is 2.33. The molecular weight excluding hydrogens is 544 g/mol. The van der Waals surface area contributed by atoms with Crippen molar-refractivity contribution < 1.29 is 38.1 Å². The van der Waals surface area contributed by atoms with Crippen molar-refractivity contribution in [2.24, 2.45) is 0 Å². The van der Waals surface area contributed by atoms with E-state index in [1.54, 1.807) is 35.8 Å². The topological polar surface area (TPSA) is 98.0 Å². The second-order valence-electron chi connectivity index (χ2n) is 9.60. The second kappa shape index (κ2) is 14.1. The lowest BCUT2D eigenvalue weighted by atomic mass is 10.0. The standard InChI is InChI=1S/C33H31F2NO6/c1-22-28(5-4-6-30(37)38)32-29(35)18-11-24(33(32)36(22)21-31(39)40)10-7-23-8-14-26(15-9-23)41-19-2-3-20-42-27-16-12-25(34)13-17-27/h2-3,7-18H,4-6,19-21H2,1H3,(H,37,38)(H,39,40)/b3-2+,10-7?. The van der Waals surface area contributed by atoms with Gasteiger partial charge in [-0.05, 0) is 97.1 Å². The highest BCUT2D eigenvalue weighted by molar-refractivity contribution is 5.95. The number of aromatic nitrogens is 1. The molecule has 0 spiro atoms. The van der Waals surface area contributed by atoms with E-state index in [-0.39, 0.29) is 18.8 Å². The number of rotatable bonds is 14. The van der Waals surface area contributed by atoms with Crippen LogP contribution in [0.15, 0.2) is 72.8 Å². The molecule has 0 fully saturated rings. The first-order chi connectivity index (χ1) is 20.2. The zero-order valence-corrected chi connectivity index (χ0v) is 23.1. The molecule has 0 aliphatic rings. The average Bonchev–Trinajstić information content (AvgIpc) is 3.23. The van der Waals surface area contributed by atoms with Crippen LogP contribution in [-0.4, -0.2) is 39.9 Å². The summed E-state index contributed by atoms with van der Waals surface area (Å²) in [6.45, 7) is 2.06. The number of nitrogens with zero attached hydrogens (tertiary/aromatic N) is 1. The third kappa shape index (κ3) is 7.84. The predicted octanol–water partition coefficient (Wildman–Crippen LogP) is 6.90. The molecule has 1 aromatic heterocycles. The fraction of sp³-hybridized carbons (Fsp3) is 0.212. The van der Waals surface area contributed by atoms with E-state index in [9.17, 15) is 19.1 Å². The summed E-state index contributed by atoms with van der Waals surface area (Å²) in [5.74, 6) is -1.55. The quantitative estimate of drug-likeness (QED) is 0.125. The molecular formula is C33H31F2NO6. The summed E-state index contributed by atoms with van der Waals surface area (Å²) in [4.78, 5) is 22.6. The number of carbonyl (C=O) groups is 2. The summed E-state index contributed by atoms with van der Waals surface area (Å²) in [7, 11) is 0. The Morgan fingerprint density at radius 1 is 0.833 bits per heavy atom. The lowest BCUT2D eigenvalue weighted by Crippen LogP contribution is -2.10. The van der Waals surface area contributed by atoms with Gasteiger partial charge in [0.1, 0.15) is 42.9 Å². The highest BCUT2D eigenvalue weighted by Gasteiger charge is 2.21. The number of hydrogen-bond donors (Lipinski definition) is 2. The van der Waals surface area contributed by atoms with Crippen LogP contribution in [0.3, 0.4) is 0 Å². The van der Waals surface area contributed by atoms with Crippen LogP contribution in [0.25, 0.3) is 23.1 Å². The molecule has 0 saturated carbocycles. The van der Waals surface area contributed by atoms with Gasteiger partial charge in [-0.25, -0.2) is 8.78 Å². The van der Waals surface area contributed by atoms with Crippen LogP contribution >= 0.6 is 0 Å². The van der Waals surface area contributed by atoms with Gasteiger partial charge in [-0.2, -0.15) is 0 Å². The smallest absolute Gasteiger partial charge is 0.323 e. The fourth-order valence-electron chi connectivity index (χ4n) is 4.68. The van der Waals surface area contributed by atoms with Gasteiger partial charge in [0.15, 0.2) is 0 Å². The molecule has 0 aliphatic carbocycles. The van der Waals surface area contributed by atoms with E-state index in [2.05, 4.69) is 0 Å². The molecule has 2 N–H and O–H groups in total. The zero-order chi connectivity index (χ0) is 30.1. The summed E-state index contributed by atoms with van der Waals surface area (Å²) in [5.41, 5.74) is 3.20. The first kappa shape index (κ1) is 30.0. The molecule has 7 nitrogen and oxygen atoms in total. The van der Waals surface area contributed by atoms with Crippen molar-refractivity contribution in [1.29, 1.82) is 0 Å². The Bertz CT molecular complexity index is 1600. The molecule has 0 aliphatic heterocycles. The van der Waals surface area contributed by atoms with Crippen LogP contribution in [0.2, 0.25) is 0 Å². The minimum absolute atomic E-state index is 0.0613. The molecule has 3 aromatic carbocycles. The highest BCUT2D eigenvalue weighted by atomic mass is 19.1. The van der Waals surface area contributed by atoms with Crippen LogP contribution in [-0.2, 0) is 22.6 Å². The molecule has 0 amide bonds. The van der Waals surface area contributed by atoms with Gasteiger partial charge < -0.3 is 24.3 Å². The summed E-state index contributed by atoms with van der Waals surface area (Å²) < 4.78 is 40.8. The number of carboxylic acid groups (broad SMARTS) is 2. The normalized spacial score (nSPS) is 11.5. The Hall–Kier alpha value is -4.92. The van der Waals surface area contributed by atoms with Crippen molar-refractivity contribution in [2.45, 2.75) is 32.7 Å². The van der Waals surface area contributed by atoms with Crippen LogP contribution in [0, 0.1) is 18.6 Å². The van der Waals surface area contributed by atoms with Crippen molar-refractivity contribution in [3.8, 4) is 11.5 Å². The fourth-order valence-corrected chi connectivity index (χ4v) is 4.68. The van der Waals surface area contributed by atoms with Gasteiger partial charge in [0.05, 0.1) is 5.52 Å². The third-order valence-corrected chi connectivity index (χ3v) is 6.69. The van der Waals surface area contributed by atoms with E-state index >= 15 is 4.39 Å². The third-order valence-electron chi connectivity index (χ3n) is 6.69. The van der Waals surface area contributed by atoms with Gasteiger partial charge in [-0.1, -0.05) is 24.3 Å². The van der Waals surface area contributed by atoms with Crippen LogP contribution in [0.4, 0.5) is 8.78 Å². The Labute approximate surface area is 241 Å². The molecule has 218 valence electrons. The monoisotopic (exact) mass is 575 g/mol. The molecule has 9 heteroatoms. The summed E-state index contributed by atoms with van der Waals surface area (Å²) in [5, 5.41) is 18.9. The van der Waals surface area contributed by atoms with E-state index < -0.39 is 17.8 Å². The van der Waals surface area contributed by atoms with Crippen molar-refractivity contribution in [3.05, 3.63) is 107 Å². The molecule has 0 bridgehead atoms. The zero-order valence-electron chi connectivity index (χ0n) is 23.1. The second-order valence-corrected chi connectivity index (χ2v) is 9.60. The minimum Gasteiger partial charge on any atom is -0.490 e. The lowest BCUT2D eigenvalue weighted by molar-refractivity contribution is -0.138. The Kier molecular flexibility index (Phi) is 10.1. The number of halogens is 2. The summed E-state index contributed by atoms with van der Waals surface area (Å²) in [6, 6.07) is 16.1. The molecule has 0 saturated heterocycles. The number of carboxylic acids is 2. The number of hydrogen-bond acceptors (Lipinski definition) is 4. The molecule has 0 radical (unpaired) electrons. The molecule has 4 rings (SSSR count). The maximum Gasteiger partial charge on any atom is 0.323 e. The summed E-state index contributed by atoms with van der Waals surface area (Å²) >= 11 is 0. The summed E-state index contributed by atoms with van der Waals surface area (Å²) in [6.07, 6.45) is 7.86. The Morgan fingerprint density at radius 3 is 2.05 bits per heavy atom. The first-order valence-corrected chi connectivity index (χ1v) is 13.4. The SMILES string of the molecule is Cc1c(CCCC(=O)O)c2c(F)ccc(C=Cc3ccc(OC/C=C/COc4ccc(F)cc4)cc3)c2n1CC(=O)O. The van der Waals surface area contributed by atoms with Gasteiger partial charge in [-0.15, -0.1) is 0 Å². The minimum atomic E-state index is -1.06. The molecule has 42 heavy (non-hydrogen) atoms. The maximum absolute atomic E-state index is 15.1.